The highest BCUT2D eigenvalue weighted by molar-refractivity contribution is 6.20. The van der Waals surface area contributed by atoms with E-state index >= 15 is 0 Å². The number of fused-ring (bicyclic) bond motifs is 1. The number of halogens is 1. The molecule has 1 aromatic carbocycles. The Morgan fingerprint density at radius 3 is 2.80 bits per heavy atom. The van der Waals surface area contributed by atoms with Crippen LogP contribution in [0.25, 0.3) is 28.4 Å². The van der Waals surface area contributed by atoms with Gasteiger partial charge in [0.25, 0.3) is 5.91 Å². The van der Waals surface area contributed by atoms with E-state index in [2.05, 4.69) is 27.0 Å². The number of hydrogen-bond acceptors (Lipinski definition) is 3. The third kappa shape index (κ3) is 3.53. The van der Waals surface area contributed by atoms with E-state index in [1.165, 1.54) is 12.1 Å². The maximum atomic E-state index is 13.3. The normalized spacial score (nSPS) is 11.6. The predicted octanol–water partition coefficient (Wildman–Crippen LogP) is 4.25. The molecule has 4 rings (SSSR count). The minimum Gasteiger partial charge on any atom is -0.348 e. The molecule has 30 heavy (non-hydrogen) atoms. The van der Waals surface area contributed by atoms with Gasteiger partial charge in [-0.15, -0.1) is 0 Å². The van der Waals surface area contributed by atoms with Gasteiger partial charge >= 0.3 is 0 Å². The predicted molar refractivity (Wildman–Crippen MR) is 115 cm³/mol. The molecule has 0 aliphatic rings. The number of aromatic nitrogens is 4. The van der Waals surface area contributed by atoms with E-state index < -0.39 is 0 Å². The van der Waals surface area contributed by atoms with Gasteiger partial charge in [0.1, 0.15) is 11.5 Å². The molecule has 0 radical (unpaired) electrons. The van der Waals surface area contributed by atoms with Crippen molar-refractivity contribution in [2.45, 2.75) is 13.5 Å². The Hall–Kier alpha value is -4.00. The summed E-state index contributed by atoms with van der Waals surface area (Å²) >= 11 is 0. The van der Waals surface area contributed by atoms with Gasteiger partial charge in [-0.1, -0.05) is 12.7 Å². The fraction of sp³-hybridized carbons (Fsp3) is 0.0870. The van der Waals surface area contributed by atoms with Crippen molar-refractivity contribution in [2.24, 2.45) is 0 Å². The lowest BCUT2D eigenvalue weighted by molar-refractivity contribution is -0.115. The number of pyridine rings is 1. The molecule has 0 saturated heterocycles. The molecule has 4 aromatic rings. The summed E-state index contributed by atoms with van der Waals surface area (Å²) in [6.07, 6.45) is 8.52. The first-order chi connectivity index (χ1) is 14.6. The minimum atomic E-state index is -0.326. The molecule has 150 valence electrons. The van der Waals surface area contributed by atoms with Gasteiger partial charge in [0.2, 0.25) is 0 Å². The number of carbonyl (C=O) groups is 1. The molecule has 0 atom stereocenters. The van der Waals surface area contributed by atoms with Crippen molar-refractivity contribution in [3.63, 3.8) is 0 Å². The average Bonchev–Trinajstić information content (AvgIpc) is 3.40. The van der Waals surface area contributed by atoms with Crippen molar-refractivity contribution < 1.29 is 9.18 Å². The Kier molecular flexibility index (Phi) is 5.26. The number of hydrogen-bond donors (Lipinski definition) is 2. The lowest BCUT2D eigenvalue weighted by Gasteiger charge is -2.10. The fourth-order valence-corrected chi connectivity index (χ4v) is 3.40. The van der Waals surface area contributed by atoms with Crippen LogP contribution in [0.1, 0.15) is 23.7 Å². The molecule has 0 saturated carbocycles. The molecular weight excluding hydrogens is 381 g/mol. The summed E-state index contributed by atoms with van der Waals surface area (Å²) in [6, 6.07) is 9.79. The zero-order valence-corrected chi connectivity index (χ0v) is 16.4. The van der Waals surface area contributed by atoms with Crippen molar-refractivity contribution in [3.8, 4) is 5.69 Å². The molecule has 0 fully saturated rings. The van der Waals surface area contributed by atoms with Gasteiger partial charge in [-0.3, -0.25) is 4.79 Å². The van der Waals surface area contributed by atoms with E-state index in [0.717, 1.165) is 16.6 Å². The van der Waals surface area contributed by atoms with Gasteiger partial charge in [-0.05, 0) is 55.0 Å². The molecule has 0 unspecified atom stereocenters. The van der Waals surface area contributed by atoms with E-state index in [-0.39, 0.29) is 11.7 Å². The number of rotatable bonds is 6. The summed E-state index contributed by atoms with van der Waals surface area (Å²) in [6.45, 7) is 6.02. The van der Waals surface area contributed by atoms with Gasteiger partial charge in [0.05, 0.1) is 17.6 Å². The van der Waals surface area contributed by atoms with Gasteiger partial charge < -0.3 is 10.3 Å². The summed E-state index contributed by atoms with van der Waals surface area (Å²) < 4.78 is 14.9. The van der Waals surface area contributed by atoms with Crippen LogP contribution in [0.4, 0.5) is 4.39 Å². The second kappa shape index (κ2) is 8.16. The van der Waals surface area contributed by atoms with Crippen molar-refractivity contribution in [1.82, 2.24) is 25.1 Å². The van der Waals surface area contributed by atoms with Crippen LogP contribution in [-0.2, 0) is 11.3 Å². The Labute approximate surface area is 172 Å². The largest absolute Gasteiger partial charge is 0.348 e. The first kappa shape index (κ1) is 19.3. The van der Waals surface area contributed by atoms with Crippen LogP contribution in [0, 0.1) is 5.82 Å². The molecule has 7 heteroatoms. The smallest absolute Gasteiger partial charge is 0.251 e. The van der Waals surface area contributed by atoms with Crippen LogP contribution in [-0.4, -0.2) is 25.7 Å². The summed E-state index contributed by atoms with van der Waals surface area (Å²) in [5.74, 6) is -0.549. The molecule has 1 amide bonds. The van der Waals surface area contributed by atoms with Crippen LogP contribution in [0.2, 0.25) is 0 Å². The van der Waals surface area contributed by atoms with E-state index in [0.29, 0.717) is 29.1 Å². The molecule has 2 N–H and O–H groups in total. The van der Waals surface area contributed by atoms with Gasteiger partial charge in [0, 0.05) is 35.5 Å². The lowest BCUT2D eigenvalue weighted by Crippen LogP contribution is -2.24. The Morgan fingerprint density at radius 1 is 1.27 bits per heavy atom. The maximum absolute atomic E-state index is 13.3. The third-order valence-corrected chi connectivity index (χ3v) is 4.88. The minimum absolute atomic E-state index is 0.222. The van der Waals surface area contributed by atoms with E-state index in [4.69, 9.17) is 0 Å². The topological polar surface area (TPSA) is 75.6 Å². The molecule has 0 spiro atoms. The lowest BCUT2D eigenvalue weighted by atomic mass is 10.0. The molecular formula is C23H20FN5O. The van der Waals surface area contributed by atoms with Crippen LogP contribution in [0.3, 0.4) is 0 Å². The van der Waals surface area contributed by atoms with E-state index in [1.807, 2.05) is 18.3 Å². The summed E-state index contributed by atoms with van der Waals surface area (Å²) in [7, 11) is 0. The highest BCUT2D eigenvalue weighted by atomic mass is 19.1. The quantitative estimate of drug-likeness (QED) is 0.474. The number of H-pyrrole nitrogens is 1. The number of benzene rings is 1. The first-order valence-electron chi connectivity index (χ1n) is 9.44. The highest BCUT2D eigenvalue weighted by Gasteiger charge is 2.19. The van der Waals surface area contributed by atoms with E-state index in [1.54, 1.807) is 48.3 Å². The summed E-state index contributed by atoms with van der Waals surface area (Å²) in [4.78, 5) is 20.3. The zero-order valence-electron chi connectivity index (χ0n) is 16.4. The van der Waals surface area contributed by atoms with Crippen LogP contribution in [0.5, 0.6) is 0 Å². The molecule has 0 bridgehead atoms. The van der Waals surface area contributed by atoms with Crippen LogP contribution >= 0.6 is 0 Å². The van der Waals surface area contributed by atoms with Crippen LogP contribution < -0.4 is 5.32 Å². The maximum Gasteiger partial charge on any atom is 0.251 e. The van der Waals surface area contributed by atoms with Crippen LogP contribution in [0.15, 0.2) is 67.6 Å². The van der Waals surface area contributed by atoms with Crippen molar-refractivity contribution in [3.05, 3.63) is 90.3 Å². The number of nitrogens with one attached hydrogen (secondary N) is 2. The number of carbonyl (C=O) groups excluding carboxylic acids is 1. The Balaban J connectivity index is 1.59. The molecule has 6 nitrogen and oxygen atoms in total. The summed E-state index contributed by atoms with van der Waals surface area (Å²) in [5, 5.41) is 8.32. The second-order valence-corrected chi connectivity index (χ2v) is 6.63. The first-order valence-corrected chi connectivity index (χ1v) is 9.44. The molecule has 0 aliphatic carbocycles. The fourth-order valence-electron chi connectivity index (χ4n) is 3.40. The number of allylic oxidation sites excluding steroid dienone is 1. The number of aromatic amines is 1. The standard InChI is InChI=1S/C23H20FN5O/c1-3-18(23(30)27-13-15-9-11-25-22-19(15)10-12-26-22)20-14-28-29(21(20)4-2)17-7-5-16(24)6-8-17/h3-12,14H,2,13H2,1H3,(H,25,26)(H,27,30)/b18-3+. The average molecular weight is 401 g/mol. The molecule has 3 aromatic heterocycles. The number of nitrogens with zero attached hydrogens (tertiary/aromatic N) is 3. The third-order valence-electron chi connectivity index (χ3n) is 4.88. The number of amides is 1. The van der Waals surface area contributed by atoms with Gasteiger partial charge in [-0.25, -0.2) is 14.1 Å². The van der Waals surface area contributed by atoms with Crippen molar-refractivity contribution in [2.75, 3.05) is 0 Å². The monoisotopic (exact) mass is 401 g/mol. The second-order valence-electron chi connectivity index (χ2n) is 6.63. The zero-order chi connectivity index (χ0) is 21.1. The molecule has 0 aliphatic heterocycles. The summed E-state index contributed by atoms with van der Waals surface area (Å²) in [5.41, 5.74) is 4.22. The van der Waals surface area contributed by atoms with Gasteiger partial charge in [0.15, 0.2) is 0 Å². The Morgan fingerprint density at radius 2 is 2.07 bits per heavy atom. The highest BCUT2D eigenvalue weighted by Crippen LogP contribution is 2.24. The SMILES string of the molecule is C=Cc1c(/C(=C\C)C(=O)NCc2ccnc3[nH]ccc23)cnn1-c1ccc(F)cc1. The van der Waals surface area contributed by atoms with E-state index in [9.17, 15) is 9.18 Å². The van der Waals surface area contributed by atoms with Crippen molar-refractivity contribution >= 4 is 28.6 Å². The molecule has 3 heterocycles. The Bertz CT molecular complexity index is 1250. The van der Waals surface area contributed by atoms with Crippen molar-refractivity contribution in [1.29, 1.82) is 0 Å². The van der Waals surface area contributed by atoms with Gasteiger partial charge in [-0.2, -0.15) is 5.10 Å².